The van der Waals surface area contributed by atoms with Gasteiger partial charge in [-0.15, -0.1) is 0 Å². The van der Waals surface area contributed by atoms with Crippen molar-refractivity contribution in [1.82, 2.24) is 0 Å². The standard InChI is InChI=1S/C7H4F3IN2O2/c8-7(9,10)3-1-5(12)4(11)2-6(3)13(14)15/h1-2H,12H2. The fraction of sp³-hybridized carbons (Fsp3) is 0.143. The molecule has 0 amide bonds. The average Bonchev–Trinajstić information content (AvgIpc) is 2.06. The first-order valence-corrected chi connectivity index (χ1v) is 4.62. The summed E-state index contributed by atoms with van der Waals surface area (Å²) in [5.41, 5.74) is 2.81. The fourth-order valence-corrected chi connectivity index (χ4v) is 1.41. The molecule has 0 atom stereocenters. The van der Waals surface area contributed by atoms with E-state index in [0.717, 1.165) is 6.07 Å². The minimum atomic E-state index is -4.78. The van der Waals surface area contributed by atoms with Gasteiger partial charge in [0.2, 0.25) is 0 Å². The molecule has 0 spiro atoms. The van der Waals surface area contributed by atoms with Crippen molar-refractivity contribution >= 4 is 34.0 Å². The summed E-state index contributed by atoms with van der Waals surface area (Å²) in [5, 5.41) is 10.4. The van der Waals surface area contributed by atoms with Crippen LogP contribution in [0.15, 0.2) is 12.1 Å². The van der Waals surface area contributed by atoms with Crippen LogP contribution in [-0.2, 0) is 6.18 Å². The van der Waals surface area contributed by atoms with E-state index in [9.17, 15) is 23.3 Å². The zero-order valence-electron chi connectivity index (χ0n) is 7.01. The molecule has 4 nitrogen and oxygen atoms in total. The van der Waals surface area contributed by atoms with E-state index >= 15 is 0 Å². The van der Waals surface area contributed by atoms with Crippen LogP contribution in [0.3, 0.4) is 0 Å². The second-order valence-electron chi connectivity index (χ2n) is 2.65. The lowest BCUT2D eigenvalue weighted by molar-refractivity contribution is -0.388. The highest BCUT2D eigenvalue weighted by Gasteiger charge is 2.38. The number of nitrogen functional groups attached to an aromatic ring is 1. The zero-order valence-corrected chi connectivity index (χ0v) is 9.17. The Kier molecular flexibility index (Phi) is 3.07. The number of rotatable bonds is 1. The number of nitro benzene ring substituents is 1. The van der Waals surface area contributed by atoms with E-state index in [4.69, 9.17) is 5.73 Å². The lowest BCUT2D eigenvalue weighted by Crippen LogP contribution is -2.10. The summed E-state index contributed by atoms with van der Waals surface area (Å²) in [5.74, 6) is 0. The molecule has 0 aromatic heterocycles. The molecule has 0 saturated carbocycles. The molecule has 0 aliphatic rings. The molecule has 0 aliphatic carbocycles. The predicted molar refractivity (Wildman–Crippen MR) is 55.2 cm³/mol. The van der Waals surface area contributed by atoms with Gasteiger partial charge in [-0.1, -0.05) is 0 Å². The Labute approximate surface area is 95.5 Å². The first kappa shape index (κ1) is 12.0. The van der Waals surface area contributed by atoms with Crippen LogP contribution in [0.25, 0.3) is 0 Å². The van der Waals surface area contributed by atoms with Crippen LogP contribution in [0.1, 0.15) is 5.56 Å². The second-order valence-corrected chi connectivity index (χ2v) is 3.81. The maximum Gasteiger partial charge on any atom is 0.423 e. The van der Waals surface area contributed by atoms with Gasteiger partial charge in [0.25, 0.3) is 5.69 Å². The van der Waals surface area contributed by atoms with Gasteiger partial charge in [0.05, 0.1) is 4.92 Å². The Morgan fingerprint density at radius 1 is 1.40 bits per heavy atom. The van der Waals surface area contributed by atoms with Crippen molar-refractivity contribution in [3.05, 3.63) is 31.4 Å². The van der Waals surface area contributed by atoms with Crippen molar-refractivity contribution < 1.29 is 18.1 Å². The molecule has 1 aromatic carbocycles. The molecular weight excluding hydrogens is 328 g/mol. The maximum atomic E-state index is 12.4. The van der Waals surface area contributed by atoms with Gasteiger partial charge >= 0.3 is 6.18 Å². The van der Waals surface area contributed by atoms with Crippen molar-refractivity contribution in [1.29, 1.82) is 0 Å². The van der Waals surface area contributed by atoms with E-state index in [2.05, 4.69) is 0 Å². The van der Waals surface area contributed by atoms with Gasteiger partial charge in [0.15, 0.2) is 0 Å². The number of nitrogens with zero attached hydrogens (tertiary/aromatic N) is 1. The molecule has 1 aromatic rings. The van der Waals surface area contributed by atoms with Gasteiger partial charge in [-0.05, 0) is 28.7 Å². The zero-order chi connectivity index (χ0) is 11.8. The van der Waals surface area contributed by atoms with Crippen molar-refractivity contribution in [3.63, 3.8) is 0 Å². The summed E-state index contributed by atoms with van der Waals surface area (Å²) in [6, 6.07) is 1.37. The average molecular weight is 332 g/mol. The SMILES string of the molecule is Nc1cc(C(F)(F)F)c([N+](=O)[O-])cc1I. The number of nitrogens with two attached hydrogens (primary N) is 1. The molecule has 1 rings (SSSR count). The largest absolute Gasteiger partial charge is 0.423 e. The van der Waals surface area contributed by atoms with E-state index in [1.807, 2.05) is 0 Å². The topological polar surface area (TPSA) is 69.2 Å². The summed E-state index contributed by atoms with van der Waals surface area (Å²) in [4.78, 5) is 9.31. The van der Waals surface area contributed by atoms with Crippen LogP contribution in [0.5, 0.6) is 0 Å². The summed E-state index contributed by atoms with van der Waals surface area (Å²) in [6.07, 6.45) is -4.78. The van der Waals surface area contributed by atoms with Crippen molar-refractivity contribution in [2.24, 2.45) is 0 Å². The van der Waals surface area contributed by atoms with Crippen LogP contribution in [0.2, 0.25) is 0 Å². The molecule has 0 aliphatic heterocycles. The molecule has 0 fully saturated rings. The quantitative estimate of drug-likeness (QED) is 0.372. The lowest BCUT2D eigenvalue weighted by Gasteiger charge is -2.08. The van der Waals surface area contributed by atoms with Crippen LogP contribution < -0.4 is 5.73 Å². The third kappa shape index (κ3) is 2.49. The van der Waals surface area contributed by atoms with Crippen molar-refractivity contribution in [3.8, 4) is 0 Å². The Balaban J connectivity index is 3.49. The van der Waals surface area contributed by atoms with Gasteiger partial charge < -0.3 is 5.73 Å². The van der Waals surface area contributed by atoms with Crippen molar-refractivity contribution in [2.75, 3.05) is 5.73 Å². The lowest BCUT2D eigenvalue weighted by atomic mass is 10.1. The minimum absolute atomic E-state index is 0.131. The smallest absolute Gasteiger partial charge is 0.398 e. The third-order valence-corrected chi connectivity index (χ3v) is 2.55. The highest BCUT2D eigenvalue weighted by atomic mass is 127. The normalized spacial score (nSPS) is 11.5. The summed E-state index contributed by atoms with van der Waals surface area (Å²) in [6.45, 7) is 0. The molecular formula is C7H4F3IN2O2. The molecule has 2 N–H and O–H groups in total. The molecule has 82 valence electrons. The second kappa shape index (κ2) is 3.83. The third-order valence-electron chi connectivity index (χ3n) is 1.62. The van der Waals surface area contributed by atoms with E-state index < -0.39 is 22.4 Å². The summed E-state index contributed by atoms with van der Waals surface area (Å²) >= 11 is 1.63. The van der Waals surface area contributed by atoms with Gasteiger partial charge in [-0.3, -0.25) is 10.1 Å². The van der Waals surface area contributed by atoms with Crippen LogP contribution in [0, 0.1) is 13.7 Å². The van der Waals surface area contributed by atoms with Crippen LogP contribution in [0.4, 0.5) is 24.5 Å². The number of alkyl halides is 3. The molecule has 0 unspecified atom stereocenters. The Morgan fingerprint density at radius 2 is 1.93 bits per heavy atom. The highest BCUT2D eigenvalue weighted by Crippen LogP contribution is 2.38. The fourth-order valence-electron chi connectivity index (χ4n) is 0.958. The predicted octanol–water partition coefficient (Wildman–Crippen LogP) is 2.80. The van der Waals surface area contributed by atoms with Crippen molar-refractivity contribution in [2.45, 2.75) is 6.18 Å². The monoisotopic (exact) mass is 332 g/mol. The molecule has 0 bridgehead atoms. The molecule has 8 heteroatoms. The number of benzene rings is 1. The van der Waals surface area contributed by atoms with Gasteiger partial charge in [0.1, 0.15) is 5.56 Å². The van der Waals surface area contributed by atoms with Gasteiger partial charge in [-0.2, -0.15) is 13.2 Å². The first-order chi connectivity index (χ1) is 6.73. The first-order valence-electron chi connectivity index (χ1n) is 3.54. The van der Waals surface area contributed by atoms with Crippen LogP contribution in [-0.4, -0.2) is 4.92 Å². The summed E-state index contributed by atoms with van der Waals surface area (Å²) < 4.78 is 37.3. The number of hydrogen-bond acceptors (Lipinski definition) is 3. The number of anilines is 1. The van der Waals surface area contributed by atoms with E-state index in [1.165, 1.54) is 0 Å². The molecule has 15 heavy (non-hydrogen) atoms. The Morgan fingerprint density at radius 3 is 2.33 bits per heavy atom. The van der Waals surface area contributed by atoms with Gasteiger partial charge in [-0.25, -0.2) is 0 Å². The maximum absolute atomic E-state index is 12.4. The van der Waals surface area contributed by atoms with E-state index in [-0.39, 0.29) is 9.26 Å². The highest BCUT2D eigenvalue weighted by molar-refractivity contribution is 14.1. The Bertz CT molecular complexity index is 419. The number of halogens is 4. The van der Waals surface area contributed by atoms with Crippen LogP contribution >= 0.6 is 22.6 Å². The Hall–Kier alpha value is -1.06. The summed E-state index contributed by atoms with van der Waals surface area (Å²) in [7, 11) is 0. The molecule has 0 radical (unpaired) electrons. The van der Waals surface area contributed by atoms with E-state index in [1.54, 1.807) is 22.6 Å². The minimum Gasteiger partial charge on any atom is -0.398 e. The van der Waals surface area contributed by atoms with E-state index in [0.29, 0.717) is 6.07 Å². The molecule has 0 saturated heterocycles. The van der Waals surface area contributed by atoms with Gasteiger partial charge in [0, 0.05) is 15.3 Å². The number of nitro groups is 1. The molecule has 0 heterocycles. The number of hydrogen-bond donors (Lipinski definition) is 1.